The molecule has 0 saturated heterocycles. The SMILES string of the molecule is C=COC1(OC=C)CC[C@@]2(C)C(=CC=C3[C@@H]4CC[C@H](C(C)=O)[C@@]4(C)CC[C@@H]32)C1. The summed E-state index contributed by atoms with van der Waals surface area (Å²) in [6.07, 6.45) is 14.8. The maximum atomic E-state index is 12.3. The highest BCUT2D eigenvalue weighted by atomic mass is 16.7. The van der Waals surface area contributed by atoms with Crippen LogP contribution in [0.15, 0.2) is 49.0 Å². The zero-order valence-electron chi connectivity index (χ0n) is 17.6. The van der Waals surface area contributed by atoms with E-state index in [2.05, 4.69) is 39.2 Å². The summed E-state index contributed by atoms with van der Waals surface area (Å²) in [5, 5.41) is 0. The van der Waals surface area contributed by atoms with Crippen LogP contribution >= 0.6 is 0 Å². The number of carbonyl (C=O) groups is 1. The number of hydrogen-bond acceptors (Lipinski definition) is 3. The van der Waals surface area contributed by atoms with Crippen LogP contribution in [0.5, 0.6) is 0 Å². The van der Waals surface area contributed by atoms with E-state index < -0.39 is 5.79 Å². The van der Waals surface area contributed by atoms with Gasteiger partial charge in [-0.1, -0.05) is 50.3 Å². The minimum absolute atomic E-state index is 0.145. The summed E-state index contributed by atoms with van der Waals surface area (Å²) in [5.41, 5.74) is 3.32. The molecule has 0 radical (unpaired) electrons. The first-order chi connectivity index (χ1) is 13.3. The largest absolute Gasteiger partial charge is 0.460 e. The molecule has 3 heteroatoms. The van der Waals surface area contributed by atoms with Crippen LogP contribution in [-0.4, -0.2) is 11.6 Å². The lowest BCUT2D eigenvalue weighted by Gasteiger charge is -2.55. The number of rotatable bonds is 5. The summed E-state index contributed by atoms with van der Waals surface area (Å²) in [6, 6.07) is 0. The molecule has 0 bridgehead atoms. The smallest absolute Gasteiger partial charge is 0.253 e. The molecule has 0 heterocycles. The van der Waals surface area contributed by atoms with Gasteiger partial charge in [-0.05, 0) is 61.7 Å². The van der Waals surface area contributed by atoms with Gasteiger partial charge in [-0.3, -0.25) is 4.79 Å². The number of carbonyl (C=O) groups excluding carboxylic acids is 1. The zero-order valence-corrected chi connectivity index (χ0v) is 17.6. The lowest BCUT2D eigenvalue weighted by Crippen LogP contribution is -2.49. The number of ether oxygens (including phenoxy) is 2. The predicted octanol–water partition coefficient (Wildman–Crippen LogP) is 6.09. The molecule has 0 aromatic rings. The highest BCUT2D eigenvalue weighted by Gasteiger charge is 2.58. The van der Waals surface area contributed by atoms with Gasteiger partial charge in [-0.15, -0.1) is 0 Å². The first-order valence-corrected chi connectivity index (χ1v) is 10.8. The highest BCUT2D eigenvalue weighted by Crippen LogP contribution is 2.65. The van der Waals surface area contributed by atoms with Crippen LogP contribution in [0.25, 0.3) is 0 Å². The molecule has 4 aliphatic carbocycles. The minimum Gasteiger partial charge on any atom is -0.460 e. The maximum absolute atomic E-state index is 12.3. The molecule has 28 heavy (non-hydrogen) atoms. The Balaban J connectivity index is 1.68. The first-order valence-electron chi connectivity index (χ1n) is 10.8. The van der Waals surface area contributed by atoms with E-state index in [1.54, 1.807) is 12.5 Å². The molecule has 4 rings (SSSR count). The van der Waals surface area contributed by atoms with E-state index in [1.807, 2.05) is 0 Å². The normalized spacial score (nSPS) is 40.8. The average molecular weight is 383 g/mol. The molecule has 5 atom stereocenters. The molecule has 3 nitrogen and oxygen atoms in total. The standard InChI is InChI=1S/C25H34O3/c1-6-27-25(28-7-2)15-14-23(4)18(16-25)8-9-19-21-11-10-20(17(3)26)24(21,5)13-12-22(19)23/h6-9,20-22H,1-2,10-16H2,3-5H3/t20-,21+,22+,23+,24-/m1/s1. The third kappa shape index (κ3) is 2.65. The van der Waals surface area contributed by atoms with E-state index in [1.165, 1.54) is 24.5 Å². The fraction of sp³-hybridized carbons (Fsp3) is 0.640. The van der Waals surface area contributed by atoms with Crippen molar-refractivity contribution in [3.05, 3.63) is 49.0 Å². The number of hydrogen-bond donors (Lipinski definition) is 0. The van der Waals surface area contributed by atoms with Crippen LogP contribution in [-0.2, 0) is 14.3 Å². The van der Waals surface area contributed by atoms with Gasteiger partial charge in [-0.2, -0.15) is 0 Å². The Hall–Kier alpha value is -1.77. The number of allylic oxidation sites excluding steroid dienone is 3. The molecule has 0 aromatic heterocycles. The highest BCUT2D eigenvalue weighted by molar-refractivity contribution is 5.79. The lowest BCUT2D eigenvalue weighted by atomic mass is 9.50. The lowest BCUT2D eigenvalue weighted by molar-refractivity contribution is -0.193. The van der Waals surface area contributed by atoms with Crippen LogP contribution in [0, 0.1) is 28.6 Å². The molecule has 0 N–H and O–H groups in total. The Morgan fingerprint density at radius 3 is 2.39 bits per heavy atom. The molecule has 0 unspecified atom stereocenters. The van der Waals surface area contributed by atoms with Crippen molar-refractivity contribution in [2.24, 2.45) is 28.6 Å². The molecule has 0 spiro atoms. The van der Waals surface area contributed by atoms with Crippen LogP contribution in [0.2, 0.25) is 0 Å². The molecular weight excluding hydrogens is 348 g/mol. The van der Waals surface area contributed by atoms with E-state index in [9.17, 15) is 4.79 Å². The molecule has 0 amide bonds. The van der Waals surface area contributed by atoms with Gasteiger partial charge in [0.1, 0.15) is 5.78 Å². The monoisotopic (exact) mass is 382 g/mol. The summed E-state index contributed by atoms with van der Waals surface area (Å²) in [6.45, 7) is 14.1. The van der Waals surface area contributed by atoms with Crippen molar-refractivity contribution in [3.63, 3.8) is 0 Å². The minimum atomic E-state index is -0.670. The third-order valence-electron chi connectivity index (χ3n) is 8.66. The summed E-state index contributed by atoms with van der Waals surface area (Å²) >= 11 is 0. The van der Waals surface area contributed by atoms with Gasteiger partial charge >= 0.3 is 0 Å². The van der Waals surface area contributed by atoms with Crippen molar-refractivity contribution in [1.29, 1.82) is 0 Å². The Morgan fingerprint density at radius 1 is 1.04 bits per heavy atom. The third-order valence-corrected chi connectivity index (χ3v) is 8.66. The second-order valence-corrected chi connectivity index (χ2v) is 9.82. The van der Waals surface area contributed by atoms with Gasteiger partial charge in [0, 0.05) is 18.8 Å². The second kappa shape index (κ2) is 6.64. The van der Waals surface area contributed by atoms with E-state index in [0.29, 0.717) is 17.6 Å². The molecule has 3 saturated carbocycles. The van der Waals surface area contributed by atoms with Gasteiger partial charge in [0.25, 0.3) is 5.79 Å². The van der Waals surface area contributed by atoms with E-state index in [0.717, 1.165) is 38.5 Å². The van der Waals surface area contributed by atoms with E-state index in [4.69, 9.17) is 9.47 Å². The Kier molecular flexibility index (Phi) is 4.63. The quantitative estimate of drug-likeness (QED) is 0.426. The molecular formula is C25H34O3. The number of ketones is 1. The Morgan fingerprint density at radius 2 is 1.75 bits per heavy atom. The molecule has 3 fully saturated rings. The van der Waals surface area contributed by atoms with Crippen molar-refractivity contribution < 1.29 is 14.3 Å². The Labute approximate surface area is 169 Å². The molecule has 4 aliphatic rings. The average Bonchev–Trinajstić information content (AvgIpc) is 3.00. The fourth-order valence-corrected chi connectivity index (χ4v) is 7.15. The van der Waals surface area contributed by atoms with Crippen molar-refractivity contribution in [2.75, 3.05) is 0 Å². The zero-order chi connectivity index (χ0) is 20.2. The fourth-order valence-electron chi connectivity index (χ4n) is 7.15. The van der Waals surface area contributed by atoms with Crippen molar-refractivity contribution >= 4 is 5.78 Å². The predicted molar refractivity (Wildman–Crippen MR) is 111 cm³/mol. The van der Waals surface area contributed by atoms with Gasteiger partial charge in [0.2, 0.25) is 0 Å². The van der Waals surface area contributed by atoms with Crippen molar-refractivity contribution in [3.8, 4) is 0 Å². The van der Waals surface area contributed by atoms with E-state index >= 15 is 0 Å². The second-order valence-electron chi connectivity index (χ2n) is 9.82. The summed E-state index contributed by atoms with van der Waals surface area (Å²) in [4.78, 5) is 12.3. The Bertz CT molecular complexity index is 750. The van der Waals surface area contributed by atoms with Crippen LogP contribution < -0.4 is 0 Å². The maximum Gasteiger partial charge on any atom is 0.253 e. The first kappa shape index (κ1) is 19.5. The number of Topliss-reactive ketones (excluding diaryl/α,β-unsaturated/α-hetero) is 1. The summed E-state index contributed by atoms with van der Waals surface area (Å²) < 4.78 is 11.7. The van der Waals surface area contributed by atoms with Crippen LogP contribution in [0.4, 0.5) is 0 Å². The van der Waals surface area contributed by atoms with Crippen molar-refractivity contribution in [2.45, 2.75) is 71.5 Å². The van der Waals surface area contributed by atoms with Gasteiger partial charge in [0.15, 0.2) is 0 Å². The van der Waals surface area contributed by atoms with Crippen molar-refractivity contribution in [1.82, 2.24) is 0 Å². The molecule has 152 valence electrons. The van der Waals surface area contributed by atoms with Gasteiger partial charge in [-0.25, -0.2) is 0 Å². The topological polar surface area (TPSA) is 35.5 Å². The van der Waals surface area contributed by atoms with E-state index in [-0.39, 0.29) is 16.7 Å². The van der Waals surface area contributed by atoms with Crippen LogP contribution in [0.1, 0.15) is 65.7 Å². The van der Waals surface area contributed by atoms with Gasteiger partial charge < -0.3 is 9.47 Å². The number of fused-ring (bicyclic) bond motifs is 5. The summed E-state index contributed by atoms with van der Waals surface area (Å²) in [7, 11) is 0. The van der Waals surface area contributed by atoms with Gasteiger partial charge in [0.05, 0.1) is 12.5 Å². The molecule has 0 aliphatic heterocycles. The molecule has 0 aromatic carbocycles. The summed E-state index contributed by atoms with van der Waals surface area (Å²) in [5.74, 6) is 1.07. The van der Waals surface area contributed by atoms with Crippen LogP contribution in [0.3, 0.4) is 0 Å².